The predicted molar refractivity (Wildman–Crippen MR) is 132 cm³/mol. The largest absolute Gasteiger partial charge is 0.292 e. The SMILES string of the molecule is O=C(c1ccc(Cl)cc1)[C@@H](CCCl)N(C(=O)c1ccccc1Cl)N1C(=O)[C@@H]2[C@H]3CC[C@@H](C3)[C@@H]2C1=O. The lowest BCUT2D eigenvalue weighted by atomic mass is 9.81. The molecule has 3 amide bonds. The first-order valence-electron chi connectivity index (χ1n) is 11.6. The number of rotatable bonds is 7. The standard InChI is InChI=1S/C26H23Cl3N2O4/c27-12-11-20(23(32)14-7-9-17(28)10-8-14)30(24(33)18-3-1-2-4-19(18)29)31-25(34)21-15-5-6-16(13-15)22(21)26(31)35/h1-4,7-10,15-16,20-22H,5-6,11-13H2/t15-,16-,20+,21-,22+/m0/s1. The van der Waals surface area contributed by atoms with Crippen LogP contribution in [0.4, 0.5) is 0 Å². The summed E-state index contributed by atoms with van der Waals surface area (Å²) in [7, 11) is 0. The van der Waals surface area contributed by atoms with E-state index in [9.17, 15) is 19.2 Å². The van der Waals surface area contributed by atoms with Crippen LogP contribution in [0.25, 0.3) is 0 Å². The van der Waals surface area contributed by atoms with Crippen LogP contribution in [0.15, 0.2) is 48.5 Å². The van der Waals surface area contributed by atoms with Crippen LogP contribution in [0, 0.1) is 23.7 Å². The van der Waals surface area contributed by atoms with Gasteiger partial charge in [0.2, 0.25) is 0 Å². The molecule has 6 nitrogen and oxygen atoms in total. The Balaban J connectivity index is 1.60. The highest BCUT2D eigenvalue weighted by Crippen LogP contribution is 2.56. The number of ketones is 1. The molecule has 0 radical (unpaired) electrons. The van der Waals surface area contributed by atoms with Crippen LogP contribution >= 0.6 is 34.8 Å². The number of carbonyl (C=O) groups excluding carboxylic acids is 4. The van der Waals surface area contributed by atoms with Crippen LogP contribution in [0.3, 0.4) is 0 Å². The van der Waals surface area contributed by atoms with Crippen LogP contribution in [0.1, 0.15) is 46.4 Å². The van der Waals surface area contributed by atoms with Gasteiger partial charge in [-0.1, -0.05) is 35.3 Å². The van der Waals surface area contributed by atoms with E-state index in [1.165, 1.54) is 6.07 Å². The molecule has 0 aromatic heterocycles. The van der Waals surface area contributed by atoms with Gasteiger partial charge in [-0.05, 0) is 73.9 Å². The van der Waals surface area contributed by atoms with Crippen molar-refractivity contribution in [1.82, 2.24) is 10.0 Å². The number of benzene rings is 2. The van der Waals surface area contributed by atoms with Crippen LogP contribution in [0.5, 0.6) is 0 Å². The molecule has 2 saturated carbocycles. The average molecular weight is 534 g/mol. The summed E-state index contributed by atoms with van der Waals surface area (Å²) in [6, 6.07) is 11.4. The highest BCUT2D eigenvalue weighted by Gasteiger charge is 2.63. The lowest BCUT2D eigenvalue weighted by molar-refractivity contribution is -0.157. The number of hydrogen-bond acceptors (Lipinski definition) is 4. The Morgan fingerprint density at radius 3 is 2.11 bits per heavy atom. The molecule has 1 saturated heterocycles. The van der Waals surface area contributed by atoms with E-state index in [1.54, 1.807) is 42.5 Å². The van der Waals surface area contributed by atoms with Crippen molar-refractivity contribution in [2.75, 3.05) is 5.88 Å². The molecule has 1 aliphatic heterocycles. The van der Waals surface area contributed by atoms with E-state index in [-0.39, 0.29) is 34.7 Å². The lowest BCUT2D eigenvalue weighted by Crippen LogP contribution is -2.58. The summed E-state index contributed by atoms with van der Waals surface area (Å²) < 4.78 is 0. The minimum absolute atomic E-state index is 0.0324. The Labute approximate surface area is 218 Å². The first-order valence-corrected chi connectivity index (χ1v) is 12.9. The van der Waals surface area contributed by atoms with Crippen LogP contribution in [0.2, 0.25) is 10.0 Å². The molecule has 1 heterocycles. The Morgan fingerprint density at radius 1 is 0.943 bits per heavy atom. The third-order valence-corrected chi connectivity index (χ3v) is 8.34. The molecule has 35 heavy (non-hydrogen) atoms. The molecule has 2 aromatic carbocycles. The molecule has 0 unspecified atom stereocenters. The second-order valence-electron chi connectivity index (χ2n) is 9.37. The fourth-order valence-electron chi connectivity index (χ4n) is 6.01. The first kappa shape index (κ1) is 24.3. The van der Waals surface area contributed by atoms with Gasteiger partial charge in [-0.3, -0.25) is 19.2 Å². The van der Waals surface area contributed by atoms with Crippen LogP contribution < -0.4 is 0 Å². The highest BCUT2D eigenvalue weighted by atomic mass is 35.5. The zero-order valence-electron chi connectivity index (χ0n) is 18.7. The molecular weight excluding hydrogens is 511 g/mol. The minimum atomic E-state index is -1.18. The molecule has 0 N–H and O–H groups in total. The van der Waals surface area contributed by atoms with Crippen molar-refractivity contribution in [2.45, 2.75) is 31.7 Å². The second kappa shape index (κ2) is 9.57. The molecule has 3 fully saturated rings. The Bertz CT molecular complexity index is 1170. The number of amides is 3. The molecule has 3 aliphatic rings. The topological polar surface area (TPSA) is 74.8 Å². The van der Waals surface area contributed by atoms with Crippen molar-refractivity contribution >= 4 is 58.3 Å². The van der Waals surface area contributed by atoms with E-state index >= 15 is 0 Å². The third-order valence-electron chi connectivity index (χ3n) is 7.54. The molecule has 2 bridgehead atoms. The molecular formula is C26H23Cl3N2O4. The number of carbonyl (C=O) groups is 4. The average Bonchev–Trinajstić information content (AvgIpc) is 3.54. The van der Waals surface area contributed by atoms with Crippen molar-refractivity contribution in [3.63, 3.8) is 0 Å². The Hall–Kier alpha value is -2.41. The summed E-state index contributed by atoms with van der Waals surface area (Å²) in [5.41, 5.74) is 0.388. The quantitative estimate of drug-likeness (QED) is 0.276. The van der Waals surface area contributed by atoms with Gasteiger partial charge in [0.1, 0.15) is 6.04 Å². The number of hydrogen-bond donors (Lipinski definition) is 0. The van der Waals surface area contributed by atoms with Crippen molar-refractivity contribution < 1.29 is 19.2 Å². The summed E-state index contributed by atoms with van der Waals surface area (Å²) in [5.74, 6) is -2.60. The van der Waals surface area contributed by atoms with Gasteiger partial charge in [0.15, 0.2) is 5.78 Å². The van der Waals surface area contributed by atoms with Crippen molar-refractivity contribution in [3.05, 3.63) is 69.7 Å². The number of imide groups is 1. The van der Waals surface area contributed by atoms with Gasteiger partial charge in [0.25, 0.3) is 17.7 Å². The van der Waals surface area contributed by atoms with Crippen LogP contribution in [-0.2, 0) is 9.59 Å². The normalized spacial score (nSPS) is 25.6. The lowest BCUT2D eigenvalue weighted by Gasteiger charge is -2.37. The molecule has 0 spiro atoms. The van der Waals surface area contributed by atoms with Gasteiger partial charge in [-0.15, -0.1) is 11.6 Å². The van der Waals surface area contributed by atoms with Gasteiger partial charge in [0, 0.05) is 16.5 Å². The Morgan fingerprint density at radius 2 is 1.54 bits per heavy atom. The van der Waals surface area contributed by atoms with Gasteiger partial charge in [0.05, 0.1) is 22.4 Å². The van der Waals surface area contributed by atoms with Crippen molar-refractivity contribution in [1.29, 1.82) is 0 Å². The van der Waals surface area contributed by atoms with E-state index in [0.717, 1.165) is 29.3 Å². The van der Waals surface area contributed by atoms with Crippen molar-refractivity contribution in [2.24, 2.45) is 23.7 Å². The molecule has 9 heteroatoms. The summed E-state index contributed by atoms with van der Waals surface area (Å²) >= 11 is 18.4. The Kier molecular flexibility index (Phi) is 6.64. The maximum Gasteiger partial charge on any atom is 0.275 e. The highest BCUT2D eigenvalue weighted by molar-refractivity contribution is 6.34. The fourth-order valence-corrected chi connectivity index (χ4v) is 6.56. The maximum atomic E-state index is 13.9. The van der Waals surface area contributed by atoms with E-state index in [0.29, 0.717) is 10.6 Å². The van der Waals surface area contributed by atoms with E-state index in [2.05, 4.69) is 0 Å². The first-order chi connectivity index (χ1) is 16.8. The monoisotopic (exact) mass is 532 g/mol. The number of halogens is 3. The fraction of sp³-hybridized carbons (Fsp3) is 0.385. The summed E-state index contributed by atoms with van der Waals surface area (Å²) in [6.45, 7) is 0. The second-order valence-corrected chi connectivity index (χ2v) is 10.6. The summed E-state index contributed by atoms with van der Waals surface area (Å²) in [5, 5.41) is 2.55. The zero-order valence-corrected chi connectivity index (χ0v) is 21.0. The third kappa shape index (κ3) is 4.05. The van der Waals surface area contributed by atoms with Gasteiger partial charge < -0.3 is 0 Å². The van der Waals surface area contributed by atoms with E-state index in [4.69, 9.17) is 34.8 Å². The predicted octanol–water partition coefficient (Wildman–Crippen LogP) is 5.26. The van der Waals surface area contributed by atoms with E-state index < -0.39 is 41.4 Å². The number of alkyl halides is 1. The summed E-state index contributed by atoms with van der Waals surface area (Å²) in [6.07, 6.45) is 2.68. The number of nitrogens with zero attached hydrogens (tertiary/aromatic N) is 2. The van der Waals surface area contributed by atoms with Crippen LogP contribution in [-0.4, -0.2) is 45.4 Å². The molecule has 5 rings (SSSR count). The molecule has 2 aromatic rings. The summed E-state index contributed by atoms with van der Waals surface area (Å²) in [4.78, 5) is 55.0. The molecule has 2 aliphatic carbocycles. The van der Waals surface area contributed by atoms with Gasteiger partial charge >= 0.3 is 0 Å². The van der Waals surface area contributed by atoms with E-state index in [1.807, 2.05) is 0 Å². The van der Waals surface area contributed by atoms with Crippen molar-refractivity contribution in [3.8, 4) is 0 Å². The number of fused-ring (bicyclic) bond motifs is 5. The van der Waals surface area contributed by atoms with Gasteiger partial charge in [-0.2, -0.15) is 5.01 Å². The maximum absolute atomic E-state index is 13.9. The molecule has 182 valence electrons. The minimum Gasteiger partial charge on any atom is -0.292 e. The smallest absolute Gasteiger partial charge is 0.275 e. The number of hydrazine groups is 1. The number of Topliss-reactive ketones (excluding diaryl/α,β-unsaturated/α-hetero) is 1. The van der Waals surface area contributed by atoms with Gasteiger partial charge in [-0.25, -0.2) is 5.01 Å². The molecule has 5 atom stereocenters. The zero-order chi connectivity index (χ0) is 24.9.